The Labute approximate surface area is 109 Å². The van der Waals surface area contributed by atoms with E-state index in [9.17, 15) is 4.79 Å². The molecular weight excluding hydrogens is 228 g/mol. The largest absolute Gasteiger partial charge is 0.381 e. The minimum absolute atomic E-state index is 0.209. The van der Waals surface area contributed by atoms with E-state index in [-0.39, 0.29) is 11.7 Å². The van der Waals surface area contributed by atoms with E-state index in [2.05, 4.69) is 17.1 Å². The first kappa shape index (κ1) is 12.4. The summed E-state index contributed by atoms with van der Waals surface area (Å²) in [5.74, 6) is 0.367. The van der Waals surface area contributed by atoms with Crippen LogP contribution in [-0.2, 0) is 9.53 Å². The molecule has 0 bridgehead atoms. The third kappa shape index (κ3) is 1.69. The summed E-state index contributed by atoms with van der Waals surface area (Å²) in [6.45, 7) is 2.17. The van der Waals surface area contributed by atoms with E-state index < -0.39 is 0 Å². The van der Waals surface area contributed by atoms with Crippen molar-refractivity contribution in [3.63, 3.8) is 0 Å². The zero-order chi connectivity index (χ0) is 12.8. The normalized spacial score (nSPS) is 38.4. The van der Waals surface area contributed by atoms with Crippen molar-refractivity contribution in [1.29, 1.82) is 0 Å². The van der Waals surface area contributed by atoms with Gasteiger partial charge in [0.25, 0.3) is 0 Å². The molecule has 1 amide bonds. The molecule has 3 fully saturated rings. The molecule has 3 rings (SSSR count). The van der Waals surface area contributed by atoms with Crippen LogP contribution in [0.5, 0.6) is 0 Å². The third-order valence-corrected chi connectivity index (χ3v) is 5.06. The molecule has 4 heteroatoms. The highest BCUT2D eigenvalue weighted by molar-refractivity contribution is 5.89. The van der Waals surface area contributed by atoms with Crippen LogP contribution in [-0.4, -0.2) is 41.8 Å². The fourth-order valence-corrected chi connectivity index (χ4v) is 3.85. The van der Waals surface area contributed by atoms with Crippen molar-refractivity contribution in [2.75, 3.05) is 7.11 Å². The monoisotopic (exact) mass is 252 g/mol. The predicted molar refractivity (Wildman–Crippen MR) is 69.1 cm³/mol. The lowest BCUT2D eigenvalue weighted by molar-refractivity contribution is -0.140. The van der Waals surface area contributed by atoms with E-state index >= 15 is 0 Å². The lowest BCUT2D eigenvalue weighted by Gasteiger charge is -2.42. The Kier molecular flexibility index (Phi) is 3.10. The Morgan fingerprint density at radius 1 is 1.39 bits per heavy atom. The molecule has 3 aliphatic rings. The number of carbonyl (C=O) groups is 1. The maximum absolute atomic E-state index is 12.8. The number of rotatable bonds is 3. The second-order valence-electron chi connectivity index (χ2n) is 6.05. The van der Waals surface area contributed by atoms with Crippen LogP contribution in [0, 0.1) is 0 Å². The maximum atomic E-state index is 12.8. The van der Waals surface area contributed by atoms with Crippen molar-refractivity contribution < 1.29 is 9.53 Å². The molecule has 0 aromatic carbocycles. The van der Waals surface area contributed by atoms with Gasteiger partial charge in [-0.2, -0.15) is 0 Å². The number of nitrogens with zero attached hydrogens (tertiary/aromatic N) is 1. The lowest BCUT2D eigenvalue weighted by atomic mass is 9.86. The molecule has 0 radical (unpaired) electrons. The Bertz CT molecular complexity index is 333. The Morgan fingerprint density at radius 3 is 2.61 bits per heavy atom. The number of amides is 1. The van der Waals surface area contributed by atoms with Crippen molar-refractivity contribution in [1.82, 2.24) is 10.2 Å². The quantitative estimate of drug-likeness (QED) is 0.830. The number of hydrogen-bond acceptors (Lipinski definition) is 3. The zero-order valence-electron chi connectivity index (χ0n) is 11.4. The summed E-state index contributed by atoms with van der Waals surface area (Å²) < 4.78 is 5.34. The summed E-state index contributed by atoms with van der Waals surface area (Å²) in [7, 11) is 1.76. The molecule has 102 valence electrons. The highest BCUT2D eigenvalue weighted by Crippen LogP contribution is 2.41. The molecule has 1 heterocycles. The number of nitrogens with one attached hydrogen (secondary N) is 1. The average molecular weight is 252 g/mol. The summed E-state index contributed by atoms with van der Waals surface area (Å²) in [6, 6.07) is 0.403. The van der Waals surface area contributed by atoms with Gasteiger partial charge in [0.1, 0.15) is 0 Å². The van der Waals surface area contributed by atoms with E-state index in [1.54, 1.807) is 7.11 Å². The van der Waals surface area contributed by atoms with Crippen molar-refractivity contribution >= 4 is 5.91 Å². The van der Waals surface area contributed by atoms with Crippen molar-refractivity contribution in [2.45, 2.75) is 75.7 Å². The molecule has 1 N–H and O–H groups in total. The van der Waals surface area contributed by atoms with Crippen LogP contribution in [0.3, 0.4) is 0 Å². The number of carbonyl (C=O) groups excluding carboxylic acids is 1. The average Bonchev–Trinajstić information content (AvgIpc) is 2.89. The van der Waals surface area contributed by atoms with Crippen LogP contribution in [0.1, 0.15) is 51.9 Å². The minimum atomic E-state index is -0.209. The smallest absolute Gasteiger partial charge is 0.244 e. The van der Waals surface area contributed by atoms with Crippen LogP contribution in [0.4, 0.5) is 0 Å². The first-order valence-electron chi connectivity index (χ1n) is 7.33. The molecule has 1 aliphatic heterocycles. The summed E-state index contributed by atoms with van der Waals surface area (Å²) in [6.07, 6.45) is 8.06. The predicted octanol–water partition coefficient (Wildman–Crippen LogP) is 1.64. The Morgan fingerprint density at radius 2 is 2.06 bits per heavy atom. The molecule has 1 unspecified atom stereocenters. The second kappa shape index (κ2) is 4.49. The van der Waals surface area contributed by atoms with Crippen LogP contribution in [0.15, 0.2) is 0 Å². The molecule has 4 nitrogen and oxygen atoms in total. The third-order valence-electron chi connectivity index (χ3n) is 5.06. The van der Waals surface area contributed by atoms with Gasteiger partial charge in [0.15, 0.2) is 0 Å². The van der Waals surface area contributed by atoms with Crippen LogP contribution in [0.25, 0.3) is 0 Å². The maximum Gasteiger partial charge on any atom is 0.244 e. The highest BCUT2D eigenvalue weighted by Gasteiger charge is 2.55. The summed E-state index contributed by atoms with van der Waals surface area (Å²) in [5, 5.41) is 3.63. The van der Waals surface area contributed by atoms with E-state index in [4.69, 9.17) is 4.74 Å². The molecule has 0 aromatic heterocycles. The molecular formula is C14H24N2O2. The first-order valence-corrected chi connectivity index (χ1v) is 7.33. The van der Waals surface area contributed by atoms with Gasteiger partial charge in [-0.15, -0.1) is 0 Å². The molecule has 1 saturated heterocycles. The molecule has 1 spiro atoms. The zero-order valence-corrected chi connectivity index (χ0v) is 11.4. The van der Waals surface area contributed by atoms with Crippen molar-refractivity contribution in [3.05, 3.63) is 0 Å². The van der Waals surface area contributed by atoms with Gasteiger partial charge in [0, 0.05) is 13.2 Å². The Balaban J connectivity index is 1.74. The van der Waals surface area contributed by atoms with Gasteiger partial charge >= 0.3 is 0 Å². The second-order valence-corrected chi connectivity index (χ2v) is 6.05. The standard InChI is InChI=1S/C14H24N2O2/c1-3-12-15-14(6-4-5-7-14)13(17)16(12)10-8-11(9-10)18-2/h10-12,15H,3-9H2,1-2H3. The topological polar surface area (TPSA) is 41.6 Å². The van der Waals surface area contributed by atoms with Gasteiger partial charge in [-0.1, -0.05) is 19.8 Å². The fourth-order valence-electron chi connectivity index (χ4n) is 3.85. The Hall–Kier alpha value is -0.610. The molecule has 1 atom stereocenters. The first-order chi connectivity index (χ1) is 8.70. The van der Waals surface area contributed by atoms with Gasteiger partial charge < -0.3 is 9.64 Å². The number of ether oxygens (including phenoxy) is 1. The molecule has 0 aromatic rings. The minimum Gasteiger partial charge on any atom is -0.381 e. The molecule has 18 heavy (non-hydrogen) atoms. The molecule has 2 saturated carbocycles. The van der Waals surface area contributed by atoms with E-state index in [1.807, 2.05) is 0 Å². The van der Waals surface area contributed by atoms with Crippen LogP contribution in [0.2, 0.25) is 0 Å². The lowest BCUT2D eigenvalue weighted by Crippen LogP contribution is -2.53. The van der Waals surface area contributed by atoms with E-state index in [1.165, 1.54) is 12.8 Å². The summed E-state index contributed by atoms with van der Waals surface area (Å²) >= 11 is 0. The number of methoxy groups -OCH3 is 1. The van der Waals surface area contributed by atoms with Gasteiger partial charge in [-0.05, 0) is 32.1 Å². The summed E-state index contributed by atoms with van der Waals surface area (Å²) in [4.78, 5) is 14.9. The molecule has 2 aliphatic carbocycles. The summed E-state index contributed by atoms with van der Waals surface area (Å²) in [5.41, 5.74) is -0.209. The van der Waals surface area contributed by atoms with Crippen LogP contribution >= 0.6 is 0 Å². The fraction of sp³-hybridized carbons (Fsp3) is 0.929. The van der Waals surface area contributed by atoms with E-state index in [0.29, 0.717) is 18.1 Å². The van der Waals surface area contributed by atoms with Gasteiger partial charge in [-0.25, -0.2) is 0 Å². The van der Waals surface area contributed by atoms with Gasteiger partial charge in [0.05, 0.1) is 17.8 Å². The van der Waals surface area contributed by atoms with Crippen molar-refractivity contribution in [3.8, 4) is 0 Å². The number of hydrogen-bond donors (Lipinski definition) is 1. The van der Waals surface area contributed by atoms with E-state index in [0.717, 1.165) is 32.1 Å². The SMILES string of the molecule is CCC1NC2(CCCC2)C(=O)N1C1CC(OC)C1. The van der Waals surface area contributed by atoms with Gasteiger partial charge in [0.2, 0.25) is 5.91 Å². The van der Waals surface area contributed by atoms with Crippen molar-refractivity contribution in [2.24, 2.45) is 0 Å². The highest BCUT2D eigenvalue weighted by atomic mass is 16.5. The van der Waals surface area contributed by atoms with Gasteiger partial charge in [-0.3, -0.25) is 10.1 Å². The van der Waals surface area contributed by atoms with Crippen LogP contribution < -0.4 is 5.32 Å².